The summed E-state index contributed by atoms with van der Waals surface area (Å²) in [6.45, 7) is 8.30. The van der Waals surface area contributed by atoms with E-state index >= 15 is 0 Å². The third-order valence-electron chi connectivity index (χ3n) is 3.75. The molecule has 0 atom stereocenters. The second kappa shape index (κ2) is 6.72. The van der Waals surface area contributed by atoms with Crippen LogP contribution >= 0.6 is 0 Å². The van der Waals surface area contributed by atoms with Crippen LogP contribution in [0.5, 0.6) is 0 Å². The molecule has 1 aromatic heterocycles. The van der Waals surface area contributed by atoms with Gasteiger partial charge in [-0.2, -0.15) is 9.40 Å². The summed E-state index contributed by atoms with van der Waals surface area (Å²) >= 11 is 0. The van der Waals surface area contributed by atoms with Gasteiger partial charge >= 0.3 is 0 Å². The first-order chi connectivity index (χ1) is 9.96. The van der Waals surface area contributed by atoms with Crippen LogP contribution in [0, 0.1) is 6.92 Å². The first kappa shape index (κ1) is 16.2. The van der Waals surface area contributed by atoms with Crippen LogP contribution in [0.2, 0.25) is 0 Å². The summed E-state index contributed by atoms with van der Waals surface area (Å²) in [6, 6.07) is 0. The van der Waals surface area contributed by atoms with Crippen molar-refractivity contribution in [1.29, 1.82) is 0 Å². The molecule has 0 amide bonds. The van der Waals surface area contributed by atoms with Gasteiger partial charge < -0.3 is 5.32 Å². The Bertz CT molecular complexity index is 619. The summed E-state index contributed by atoms with van der Waals surface area (Å²) in [5, 5.41) is 10.3. The Hall–Kier alpha value is -1.18. The Kier molecular flexibility index (Phi) is 5.18. The largest absolute Gasteiger partial charge is 0.313 e. The van der Waals surface area contributed by atoms with Crippen LogP contribution < -0.4 is 5.32 Å². The summed E-state index contributed by atoms with van der Waals surface area (Å²) in [4.78, 5) is 0. The molecule has 0 fully saturated rings. The second-order valence-corrected chi connectivity index (χ2v) is 7.33. The van der Waals surface area contributed by atoms with Crippen LogP contribution in [0.3, 0.4) is 0 Å². The Morgan fingerprint density at radius 1 is 1.43 bits per heavy atom. The van der Waals surface area contributed by atoms with Gasteiger partial charge in [0.05, 0.1) is 0 Å². The molecule has 1 aliphatic heterocycles. The number of H-pyrrole nitrogens is 1. The molecule has 1 aliphatic rings. The molecule has 0 saturated heterocycles. The quantitative estimate of drug-likeness (QED) is 0.617. The molecular formula is C14H24N4O2S. The minimum Gasteiger partial charge on any atom is -0.313 e. The van der Waals surface area contributed by atoms with Gasteiger partial charge in [0.1, 0.15) is 0 Å². The SMILES string of the molecule is CCCNCc1c(S(=O)(=O)N2CC=C(C)CC2)n[nH]c1C. The molecule has 2 rings (SSSR count). The number of aromatic amines is 1. The number of aryl methyl sites for hydroxylation is 1. The van der Waals surface area contributed by atoms with Crippen LogP contribution in [-0.2, 0) is 16.6 Å². The van der Waals surface area contributed by atoms with Gasteiger partial charge in [0.2, 0.25) is 0 Å². The van der Waals surface area contributed by atoms with Crippen molar-refractivity contribution in [3.63, 3.8) is 0 Å². The van der Waals surface area contributed by atoms with E-state index in [1.165, 1.54) is 9.88 Å². The van der Waals surface area contributed by atoms with E-state index < -0.39 is 10.0 Å². The molecule has 118 valence electrons. The average molecular weight is 312 g/mol. The summed E-state index contributed by atoms with van der Waals surface area (Å²) in [6.07, 6.45) is 3.76. The van der Waals surface area contributed by atoms with Crippen LogP contribution in [0.1, 0.15) is 37.9 Å². The van der Waals surface area contributed by atoms with Crippen molar-refractivity contribution in [3.8, 4) is 0 Å². The van der Waals surface area contributed by atoms with Crippen molar-refractivity contribution in [3.05, 3.63) is 22.9 Å². The summed E-state index contributed by atoms with van der Waals surface area (Å²) < 4.78 is 27.0. The zero-order valence-electron chi connectivity index (χ0n) is 12.9. The fourth-order valence-electron chi connectivity index (χ4n) is 2.33. The number of nitrogens with one attached hydrogen (secondary N) is 2. The van der Waals surface area contributed by atoms with E-state index in [4.69, 9.17) is 0 Å². The maximum atomic E-state index is 12.7. The molecule has 2 heterocycles. The average Bonchev–Trinajstić information content (AvgIpc) is 2.82. The highest BCUT2D eigenvalue weighted by molar-refractivity contribution is 7.89. The molecule has 0 aliphatic carbocycles. The van der Waals surface area contributed by atoms with Crippen LogP contribution in [0.4, 0.5) is 0 Å². The predicted octanol–water partition coefficient (Wildman–Crippen LogP) is 1.56. The standard InChI is InChI=1S/C14H24N4O2S/c1-4-7-15-10-13-12(3)16-17-14(13)21(19,20)18-8-5-11(2)6-9-18/h5,15H,4,6-10H2,1-3H3,(H,16,17). The lowest BCUT2D eigenvalue weighted by molar-refractivity contribution is 0.428. The molecule has 1 aromatic rings. The molecule has 21 heavy (non-hydrogen) atoms. The maximum absolute atomic E-state index is 12.7. The zero-order chi connectivity index (χ0) is 15.5. The van der Waals surface area contributed by atoms with E-state index in [0.29, 0.717) is 19.6 Å². The fourth-order valence-corrected chi connectivity index (χ4v) is 3.88. The Morgan fingerprint density at radius 3 is 2.81 bits per heavy atom. The monoisotopic (exact) mass is 312 g/mol. The minimum atomic E-state index is -3.53. The number of hydrogen-bond donors (Lipinski definition) is 2. The summed E-state index contributed by atoms with van der Waals surface area (Å²) in [5.41, 5.74) is 2.79. The van der Waals surface area contributed by atoms with Crippen molar-refractivity contribution in [2.24, 2.45) is 0 Å². The number of aromatic nitrogens is 2. The first-order valence-corrected chi connectivity index (χ1v) is 8.81. The highest BCUT2D eigenvalue weighted by atomic mass is 32.2. The molecular weight excluding hydrogens is 288 g/mol. The van der Waals surface area contributed by atoms with Gasteiger partial charge in [-0.25, -0.2) is 8.42 Å². The lowest BCUT2D eigenvalue weighted by Crippen LogP contribution is -2.35. The van der Waals surface area contributed by atoms with Crippen molar-refractivity contribution >= 4 is 10.0 Å². The minimum absolute atomic E-state index is 0.163. The summed E-state index contributed by atoms with van der Waals surface area (Å²) in [5.74, 6) is 0. The van der Waals surface area contributed by atoms with Gasteiger partial charge in [-0.1, -0.05) is 18.6 Å². The lowest BCUT2D eigenvalue weighted by atomic mass is 10.1. The number of rotatable bonds is 6. The van der Waals surface area contributed by atoms with E-state index in [1.54, 1.807) is 0 Å². The van der Waals surface area contributed by atoms with E-state index in [1.807, 2.05) is 19.9 Å². The zero-order valence-corrected chi connectivity index (χ0v) is 13.8. The second-order valence-electron chi connectivity index (χ2n) is 5.47. The van der Waals surface area contributed by atoms with Gasteiger partial charge in [0, 0.05) is 30.9 Å². The normalized spacial score (nSPS) is 17.0. The Morgan fingerprint density at radius 2 is 2.19 bits per heavy atom. The number of hydrogen-bond acceptors (Lipinski definition) is 4. The molecule has 0 aromatic carbocycles. The molecule has 6 nitrogen and oxygen atoms in total. The van der Waals surface area contributed by atoms with Crippen molar-refractivity contribution in [2.75, 3.05) is 19.6 Å². The fraction of sp³-hybridized carbons (Fsp3) is 0.643. The number of sulfonamides is 1. The molecule has 0 saturated carbocycles. The molecule has 2 N–H and O–H groups in total. The Balaban J connectivity index is 2.24. The van der Waals surface area contributed by atoms with Crippen molar-refractivity contribution in [1.82, 2.24) is 19.8 Å². The third kappa shape index (κ3) is 3.53. The Labute approximate surface area is 126 Å². The molecule has 7 heteroatoms. The van der Waals surface area contributed by atoms with Gasteiger partial charge in [-0.15, -0.1) is 0 Å². The van der Waals surface area contributed by atoms with E-state index in [2.05, 4.69) is 22.4 Å². The van der Waals surface area contributed by atoms with Gasteiger partial charge in [-0.3, -0.25) is 5.10 Å². The lowest BCUT2D eigenvalue weighted by Gasteiger charge is -2.24. The van der Waals surface area contributed by atoms with E-state index in [9.17, 15) is 8.42 Å². The highest BCUT2D eigenvalue weighted by Crippen LogP contribution is 2.23. The number of nitrogens with zero attached hydrogens (tertiary/aromatic N) is 2. The topological polar surface area (TPSA) is 78.1 Å². The molecule has 0 bridgehead atoms. The van der Waals surface area contributed by atoms with Gasteiger partial charge in [-0.05, 0) is 33.2 Å². The van der Waals surface area contributed by atoms with Crippen LogP contribution in [0.15, 0.2) is 16.7 Å². The smallest absolute Gasteiger partial charge is 0.263 e. The van der Waals surface area contributed by atoms with Gasteiger partial charge in [0.15, 0.2) is 5.03 Å². The van der Waals surface area contributed by atoms with Crippen molar-refractivity contribution < 1.29 is 8.42 Å². The van der Waals surface area contributed by atoms with E-state index in [-0.39, 0.29) is 5.03 Å². The van der Waals surface area contributed by atoms with Crippen molar-refractivity contribution in [2.45, 2.75) is 45.2 Å². The van der Waals surface area contributed by atoms with Gasteiger partial charge in [0.25, 0.3) is 10.0 Å². The van der Waals surface area contributed by atoms with E-state index in [0.717, 1.165) is 30.6 Å². The van der Waals surface area contributed by atoms with Crippen LogP contribution in [-0.4, -0.2) is 42.6 Å². The first-order valence-electron chi connectivity index (χ1n) is 7.37. The summed E-state index contributed by atoms with van der Waals surface area (Å²) in [7, 11) is -3.53. The molecule has 0 unspecified atom stereocenters. The molecule has 0 radical (unpaired) electrons. The highest BCUT2D eigenvalue weighted by Gasteiger charge is 2.30. The van der Waals surface area contributed by atoms with Crippen LogP contribution in [0.25, 0.3) is 0 Å². The third-order valence-corrected chi connectivity index (χ3v) is 5.59. The maximum Gasteiger partial charge on any atom is 0.263 e. The predicted molar refractivity (Wildman–Crippen MR) is 82.5 cm³/mol. The molecule has 0 spiro atoms.